The molecule has 0 bridgehead atoms. The Morgan fingerprint density at radius 1 is 1.42 bits per heavy atom. The normalized spacial score (nSPS) is 12.4. The molecule has 0 heterocycles. The minimum atomic E-state index is -0.876. The van der Waals surface area contributed by atoms with Gasteiger partial charge in [-0.3, -0.25) is 4.79 Å². The third-order valence-corrected chi connectivity index (χ3v) is 1.92. The van der Waals surface area contributed by atoms with Gasteiger partial charge in [-0.15, -0.1) is 11.6 Å². The van der Waals surface area contributed by atoms with Crippen LogP contribution in [-0.2, 0) is 4.79 Å². The molecule has 0 amide bonds. The number of benzene rings is 1. The van der Waals surface area contributed by atoms with Crippen LogP contribution in [0.2, 0.25) is 0 Å². The molecule has 12 heavy (non-hydrogen) atoms. The largest absolute Gasteiger partial charge is 0.481 e. The molecule has 0 aromatic heterocycles. The van der Waals surface area contributed by atoms with Gasteiger partial charge in [0.15, 0.2) is 0 Å². The van der Waals surface area contributed by atoms with Gasteiger partial charge in [-0.05, 0) is 5.56 Å². The van der Waals surface area contributed by atoms with Crippen molar-refractivity contribution in [2.45, 2.75) is 11.8 Å². The van der Waals surface area contributed by atoms with Crippen molar-refractivity contribution in [3.63, 3.8) is 0 Å². The number of carboxylic acids is 1. The maximum Gasteiger partial charge on any atom is 0.305 e. The Kier molecular flexibility index (Phi) is 3.11. The highest BCUT2D eigenvalue weighted by Gasteiger charge is 2.10. The van der Waals surface area contributed by atoms with E-state index in [0.717, 1.165) is 5.56 Å². The summed E-state index contributed by atoms with van der Waals surface area (Å²) in [7, 11) is 0. The Balaban J connectivity index is 2.65. The Morgan fingerprint density at radius 2 is 2.00 bits per heavy atom. The van der Waals surface area contributed by atoms with Crippen LogP contribution in [0.15, 0.2) is 30.3 Å². The van der Waals surface area contributed by atoms with E-state index in [4.69, 9.17) is 16.7 Å². The summed E-state index contributed by atoms with van der Waals surface area (Å²) >= 11 is 5.82. The first-order valence-corrected chi connectivity index (χ1v) is 4.04. The average Bonchev–Trinajstić information content (AvgIpc) is 2.05. The summed E-state index contributed by atoms with van der Waals surface area (Å²) in [5.41, 5.74) is 0.849. The fraction of sp³-hybridized carbons (Fsp3) is 0.222. The predicted molar refractivity (Wildman–Crippen MR) is 47.3 cm³/mol. The number of hydrogen-bond acceptors (Lipinski definition) is 1. The zero-order valence-corrected chi connectivity index (χ0v) is 7.16. The Labute approximate surface area is 75.8 Å². The lowest BCUT2D eigenvalue weighted by Gasteiger charge is -2.05. The number of aliphatic carboxylic acids is 1. The minimum Gasteiger partial charge on any atom is -0.481 e. The van der Waals surface area contributed by atoms with Crippen molar-refractivity contribution in [2.24, 2.45) is 0 Å². The molecule has 0 radical (unpaired) electrons. The fourth-order valence-electron chi connectivity index (χ4n) is 0.933. The first-order valence-electron chi connectivity index (χ1n) is 3.61. The molecule has 0 aliphatic heterocycles. The highest BCUT2D eigenvalue weighted by molar-refractivity contribution is 6.21. The van der Waals surface area contributed by atoms with E-state index in [9.17, 15) is 4.79 Å². The fourth-order valence-corrected chi connectivity index (χ4v) is 1.21. The number of rotatable bonds is 3. The Morgan fingerprint density at radius 3 is 2.50 bits per heavy atom. The lowest BCUT2D eigenvalue weighted by atomic mass is 10.1. The molecule has 2 nitrogen and oxygen atoms in total. The zero-order chi connectivity index (χ0) is 8.97. The molecule has 1 N–H and O–H groups in total. The van der Waals surface area contributed by atoms with Crippen LogP contribution in [0.3, 0.4) is 0 Å². The molecule has 0 aliphatic carbocycles. The smallest absolute Gasteiger partial charge is 0.305 e. The lowest BCUT2D eigenvalue weighted by molar-refractivity contribution is -0.137. The van der Waals surface area contributed by atoms with Gasteiger partial charge in [-0.1, -0.05) is 30.3 Å². The summed E-state index contributed by atoms with van der Waals surface area (Å²) in [6.45, 7) is 0. The van der Waals surface area contributed by atoms with Crippen LogP contribution in [0.25, 0.3) is 0 Å². The van der Waals surface area contributed by atoms with Crippen molar-refractivity contribution in [1.29, 1.82) is 0 Å². The van der Waals surface area contributed by atoms with E-state index in [1.165, 1.54) is 0 Å². The standard InChI is InChI=1S/C9H9ClO2/c10-8(6-9(11)12)7-4-2-1-3-5-7/h1-5,8H,6H2,(H,11,12). The van der Waals surface area contributed by atoms with Crippen LogP contribution in [0.1, 0.15) is 17.4 Å². The number of alkyl halides is 1. The second-order valence-corrected chi connectivity index (χ2v) is 3.00. The number of carbonyl (C=O) groups is 1. The molecule has 0 aliphatic rings. The van der Waals surface area contributed by atoms with Crippen LogP contribution < -0.4 is 0 Å². The van der Waals surface area contributed by atoms with Crippen LogP contribution in [0, 0.1) is 0 Å². The molecule has 0 saturated heterocycles. The number of hydrogen-bond donors (Lipinski definition) is 1. The number of carboxylic acid groups (broad SMARTS) is 1. The van der Waals surface area contributed by atoms with Gasteiger partial charge >= 0.3 is 5.97 Å². The van der Waals surface area contributed by atoms with E-state index in [1.807, 2.05) is 30.3 Å². The van der Waals surface area contributed by atoms with E-state index in [2.05, 4.69) is 0 Å². The van der Waals surface area contributed by atoms with Crippen LogP contribution in [0.4, 0.5) is 0 Å². The SMILES string of the molecule is O=C(O)CC(Cl)c1ccccc1. The summed E-state index contributed by atoms with van der Waals surface area (Å²) < 4.78 is 0. The molecule has 64 valence electrons. The van der Waals surface area contributed by atoms with Crippen LogP contribution in [0.5, 0.6) is 0 Å². The highest BCUT2D eigenvalue weighted by Crippen LogP contribution is 2.23. The first kappa shape index (κ1) is 9.07. The van der Waals surface area contributed by atoms with Crippen molar-refractivity contribution in [3.05, 3.63) is 35.9 Å². The average molecular weight is 185 g/mol. The second kappa shape index (κ2) is 4.12. The quantitative estimate of drug-likeness (QED) is 0.733. The minimum absolute atomic E-state index is 0.0361. The predicted octanol–water partition coefficient (Wildman–Crippen LogP) is 2.44. The highest BCUT2D eigenvalue weighted by atomic mass is 35.5. The molecule has 1 unspecified atom stereocenters. The van der Waals surface area contributed by atoms with Crippen LogP contribution >= 0.6 is 11.6 Å². The molecule has 0 spiro atoms. The summed E-state index contributed by atoms with van der Waals surface area (Å²) in [6.07, 6.45) is -0.0361. The molecular formula is C9H9ClO2. The lowest BCUT2D eigenvalue weighted by Crippen LogP contribution is -2.00. The topological polar surface area (TPSA) is 37.3 Å². The Hall–Kier alpha value is -1.02. The van der Waals surface area contributed by atoms with Gasteiger partial charge in [0.25, 0.3) is 0 Å². The molecule has 1 aromatic rings. The molecule has 0 saturated carbocycles. The zero-order valence-electron chi connectivity index (χ0n) is 6.40. The first-order chi connectivity index (χ1) is 5.70. The number of halogens is 1. The van der Waals surface area contributed by atoms with Gasteiger partial charge in [0.05, 0.1) is 11.8 Å². The Bertz CT molecular complexity index is 258. The molecule has 0 fully saturated rings. The van der Waals surface area contributed by atoms with Crippen molar-refractivity contribution in [3.8, 4) is 0 Å². The summed E-state index contributed by atoms with van der Waals surface area (Å²) in [5, 5.41) is 8.03. The summed E-state index contributed by atoms with van der Waals surface area (Å²) in [6, 6.07) is 9.19. The van der Waals surface area contributed by atoms with E-state index >= 15 is 0 Å². The van der Waals surface area contributed by atoms with Gasteiger partial charge in [-0.2, -0.15) is 0 Å². The molecule has 1 aromatic carbocycles. The van der Waals surface area contributed by atoms with Crippen LogP contribution in [-0.4, -0.2) is 11.1 Å². The maximum absolute atomic E-state index is 10.3. The second-order valence-electron chi connectivity index (χ2n) is 2.48. The molecule has 1 atom stereocenters. The monoisotopic (exact) mass is 184 g/mol. The van der Waals surface area contributed by atoms with E-state index in [-0.39, 0.29) is 6.42 Å². The summed E-state index contributed by atoms with van der Waals surface area (Å²) in [4.78, 5) is 10.3. The third-order valence-electron chi connectivity index (χ3n) is 1.52. The van der Waals surface area contributed by atoms with Crippen molar-refractivity contribution in [1.82, 2.24) is 0 Å². The van der Waals surface area contributed by atoms with Gasteiger partial charge < -0.3 is 5.11 Å². The van der Waals surface area contributed by atoms with Crippen molar-refractivity contribution < 1.29 is 9.90 Å². The van der Waals surface area contributed by atoms with E-state index < -0.39 is 11.3 Å². The van der Waals surface area contributed by atoms with Gasteiger partial charge in [-0.25, -0.2) is 0 Å². The van der Waals surface area contributed by atoms with E-state index in [1.54, 1.807) is 0 Å². The molecular weight excluding hydrogens is 176 g/mol. The molecule has 1 rings (SSSR count). The van der Waals surface area contributed by atoms with Crippen molar-refractivity contribution in [2.75, 3.05) is 0 Å². The third kappa shape index (κ3) is 2.55. The maximum atomic E-state index is 10.3. The van der Waals surface area contributed by atoms with Gasteiger partial charge in [0.2, 0.25) is 0 Å². The van der Waals surface area contributed by atoms with E-state index in [0.29, 0.717) is 0 Å². The van der Waals surface area contributed by atoms with Crippen molar-refractivity contribution >= 4 is 17.6 Å². The summed E-state index contributed by atoms with van der Waals surface area (Å²) in [5.74, 6) is -0.876. The van der Waals surface area contributed by atoms with Gasteiger partial charge in [0, 0.05) is 0 Å². The van der Waals surface area contributed by atoms with Gasteiger partial charge in [0.1, 0.15) is 0 Å². The molecule has 3 heteroatoms.